The number of nitrogens with zero attached hydrogens (tertiary/aromatic N) is 2. The van der Waals surface area contributed by atoms with E-state index < -0.39 is 0 Å². The van der Waals surface area contributed by atoms with Crippen LogP contribution in [0.4, 0.5) is 0 Å². The van der Waals surface area contributed by atoms with Crippen molar-refractivity contribution < 1.29 is 4.74 Å². The number of likely N-dealkylation sites (tertiary alicyclic amines) is 1. The second kappa shape index (κ2) is 6.73. The molecule has 2 rings (SSSR count). The van der Waals surface area contributed by atoms with E-state index in [4.69, 9.17) is 4.74 Å². The highest BCUT2D eigenvalue weighted by Crippen LogP contribution is 2.26. The molecule has 1 aromatic carbocycles. The van der Waals surface area contributed by atoms with Crippen LogP contribution in [0, 0.1) is 5.92 Å². The summed E-state index contributed by atoms with van der Waals surface area (Å²) in [5.74, 6) is 1.71. The quantitative estimate of drug-likeness (QED) is 0.827. The van der Waals surface area contributed by atoms with Crippen molar-refractivity contribution in [3.8, 4) is 5.75 Å². The minimum absolute atomic E-state index is 0.816. The lowest BCUT2D eigenvalue weighted by molar-refractivity contribution is 0.267. The minimum atomic E-state index is 0.816. The van der Waals surface area contributed by atoms with Gasteiger partial charge in [0.15, 0.2) is 0 Å². The third kappa shape index (κ3) is 4.20. The lowest BCUT2D eigenvalue weighted by atomic mass is 10.1. The van der Waals surface area contributed by atoms with E-state index in [1.165, 1.54) is 31.6 Å². The Morgan fingerprint density at radius 3 is 2.84 bits per heavy atom. The van der Waals surface area contributed by atoms with E-state index >= 15 is 0 Å². The average Bonchev–Trinajstić information content (AvgIpc) is 2.74. The van der Waals surface area contributed by atoms with E-state index in [0.29, 0.717) is 0 Å². The van der Waals surface area contributed by atoms with Crippen LogP contribution < -0.4 is 4.74 Å². The average molecular weight is 327 g/mol. The molecule has 19 heavy (non-hydrogen) atoms. The molecule has 4 heteroatoms. The summed E-state index contributed by atoms with van der Waals surface area (Å²) in [4.78, 5) is 4.83. The number of halogens is 1. The Morgan fingerprint density at radius 2 is 2.26 bits per heavy atom. The molecule has 3 nitrogen and oxygen atoms in total. The van der Waals surface area contributed by atoms with E-state index in [2.05, 4.69) is 52.0 Å². The number of hydrogen-bond acceptors (Lipinski definition) is 3. The van der Waals surface area contributed by atoms with Crippen LogP contribution in [-0.2, 0) is 6.54 Å². The molecule has 0 N–H and O–H groups in total. The highest BCUT2D eigenvalue weighted by atomic mass is 79.9. The summed E-state index contributed by atoms with van der Waals surface area (Å²) in [6.45, 7) is 4.64. The largest absolute Gasteiger partial charge is 0.496 e. The van der Waals surface area contributed by atoms with Crippen LogP contribution in [0.3, 0.4) is 0 Å². The number of hydrogen-bond donors (Lipinski definition) is 0. The molecule has 1 aliphatic heterocycles. The van der Waals surface area contributed by atoms with Crippen molar-refractivity contribution in [2.45, 2.75) is 13.0 Å². The van der Waals surface area contributed by atoms with Gasteiger partial charge in [-0.15, -0.1) is 0 Å². The number of rotatable bonds is 5. The van der Waals surface area contributed by atoms with Crippen molar-refractivity contribution in [3.05, 3.63) is 28.2 Å². The van der Waals surface area contributed by atoms with Crippen LogP contribution in [0.5, 0.6) is 5.75 Å². The maximum Gasteiger partial charge on any atom is 0.133 e. The van der Waals surface area contributed by atoms with E-state index in [1.807, 2.05) is 6.07 Å². The van der Waals surface area contributed by atoms with Crippen molar-refractivity contribution >= 4 is 15.9 Å². The molecule has 0 bridgehead atoms. The topological polar surface area (TPSA) is 15.7 Å². The molecule has 1 heterocycles. The number of methoxy groups -OCH3 is 1. The Kier molecular flexibility index (Phi) is 5.25. The maximum absolute atomic E-state index is 5.26. The van der Waals surface area contributed by atoms with Gasteiger partial charge in [0, 0.05) is 19.6 Å². The molecule has 0 aliphatic carbocycles. The second-order valence-electron chi connectivity index (χ2n) is 5.58. The van der Waals surface area contributed by atoms with Gasteiger partial charge in [0.1, 0.15) is 5.75 Å². The van der Waals surface area contributed by atoms with Gasteiger partial charge in [0.25, 0.3) is 0 Å². The predicted molar refractivity (Wildman–Crippen MR) is 82.6 cm³/mol. The highest BCUT2D eigenvalue weighted by Gasteiger charge is 2.20. The maximum atomic E-state index is 5.26. The van der Waals surface area contributed by atoms with Gasteiger partial charge in [-0.3, -0.25) is 0 Å². The van der Waals surface area contributed by atoms with Crippen molar-refractivity contribution in [1.82, 2.24) is 9.80 Å². The smallest absolute Gasteiger partial charge is 0.133 e. The fourth-order valence-electron chi connectivity index (χ4n) is 2.80. The normalized spacial score (nSPS) is 20.2. The summed E-state index contributed by atoms with van der Waals surface area (Å²) in [6.07, 6.45) is 1.33. The number of benzene rings is 1. The van der Waals surface area contributed by atoms with Crippen LogP contribution in [0.2, 0.25) is 0 Å². The first-order valence-corrected chi connectivity index (χ1v) is 7.57. The zero-order chi connectivity index (χ0) is 13.8. The van der Waals surface area contributed by atoms with Crippen molar-refractivity contribution in [2.24, 2.45) is 5.92 Å². The zero-order valence-electron chi connectivity index (χ0n) is 12.0. The molecule has 1 saturated heterocycles. The molecule has 0 saturated carbocycles. The molecule has 0 amide bonds. The van der Waals surface area contributed by atoms with Gasteiger partial charge >= 0.3 is 0 Å². The van der Waals surface area contributed by atoms with E-state index in [1.54, 1.807) is 7.11 Å². The van der Waals surface area contributed by atoms with Crippen LogP contribution in [0.15, 0.2) is 22.7 Å². The molecule has 1 unspecified atom stereocenters. The van der Waals surface area contributed by atoms with Crippen molar-refractivity contribution in [1.29, 1.82) is 0 Å². The second-order valence-corrected chi connectivity index (χ2v) is 6.44. The summed E-state index contributed by atoms with van der Waals surface area (Å²) in [5, 5.41) is 0. The van der Waals surface area contributed by atoms with Crippen LogP contribution in [0.1, 0.15) is 12.0 Å². The van der Waals surface area contributed by atoms with Crippen molar-refractivity contribution in [2.75, 3.05) is 40.8 Å². The first kappa shape index (κ1) is 14.8. The Balaban J connectivity index is 1.88. The Hall–Kier alpha value is -0.580. The molecule has 0 radical (unpaired) electrons. The van der Waals surface area contributed by atoms with E-state index in [9.17, 15) is 0 Å². The summed E-state index contributed by atoms with van der Waals surface area (Å²) in [5.41, 5.74) is 1.32. The highest BCUT2D eigenvalue weighted by molar-refractivity contribution is 9.10. The summed E-state index contributed by atoms with van der Waals surface area (Å²) < 4.78 is 6.29. The van der Waals surface area contributed by atoms with Gasteiger partial charge in [-0.2, -0.15) is 0 Å². The molecule has 0 spiro atoms. The summed E-state index contributed by atoms with van der Waals surface area (Å²) >= 11 is 3.54. The van der Waals surface area contributed by atoms with E-state index in [-0.39, 0.29) is 0 Å². The van der Waals surface area contributed by atoms with Gasteiger partial charge in [-0.05, 0) is 66.6 Å². The molecule has 1 aliphatic rings. The van der Waals surface area contributed by atoms with Gasteiger partial charge < -0.3 is 14.5 Å². The molecule has 0 aromatic heterocycles. The number of ether oxygens (including phenoxy) is 1. The Labute approximate surface area is 124 Å². The molecular weight excluding hydrogens is 304 g/mol. The molecular formula is C15H23BrN2O. The third-order valence-corrected chi connectivity index (χ3v) is 4.35. The molecule has 1 aromatic rings. The summed E-state index contributed by atoms with van der Waals surface area (Å²) in [7, 11) is 6.11. The fourth-order valence-corrected chi connectivity index (χ4v) is 3.39. The Morgan fingerprint density at radius 1 is 1.47 bits per heavy atom. The molecule has 106 valence electrons. The fraction of sp³-hybridized carbons (Fsp3) is 0.600. The van der Waals surface area contributed by atoms with E-state index in [0.717, 1.165) is 22.7 Å². The standard InChI is InChI=1S/C15H23BrN2O/c1-17-7-6-13(10-17)11-18(2)9-12-4-5-15(19-3)14(16)8-12/h4-5,8,13H,6-7,9-11H2,1-3H3. The van der Waals surface area contributed by atoms with Crippen molar-refractivity contribution in [3.63, 3.8) is 0 Å². The lowest BCUT2D eigenvalue weighted by Gasteiger charge is -2.21. The van der Waals surface area contributed by atoms with Gasteiger partial charge in [-0.1, -0.05) is 6.07 Å². The van der Waals surface area contributed by atoms with Crippen LogP contribution in [-0.4, -0.2) is 50.6 Å². The monoisotopic (exact) mass is 326 g/mol. The van der Waals surface area contributed by atoms with Gasteiger partial charge in [0.2, 0.25) is 0 Å². The lowest BCUT2D eigenvalue weighted by Crippen LogP contribution is -2.27. The molecule has 1 fully saturated rings. The minimum Gasteiger partial charge on any atom is -0.496 e. The zero-order valence-corrected chi connectivity index (χ0v) is 13.6. The van der Waals surface area contributed by atoms with Crippen LogP contribution in [0.25, 0.3) is 0 Å². The van der Waals surface area contributed by atoms with Gasteiger partial charge in [-0.25, -0.2) is 0 Å². The first-order chi connectivity index (χ1) is 9.08. The van der Waals surface area contributed by atoms with Crippen LogP contribution >= 0.6 is 15.9 Å². The first-order valence-electron chi connectivity index (χ1n) is 6.78. The third-order valence-electron chi connectivity index (χ3n) is 3.73. The molecule has 1 atom stereocenters. The Bertz CT molecular complexity index is 425. The summed E-state index contributed by atoms with van der Waals surface area (Å²) in [6, 6.07) is 6.31. The SMILES string of the molecule is COc1ccc(CN(C)CC2CCN(C)C2)cc1Br. The predicted octanol–water partition coefficient (Wildman–Crippen LogP) is 2.84. The van der Waals surface area contributed by atoms with Gasteiger partial charge in [0.05, 0.1) is 11.6 Å².